The van der Waals surface area contributed by atoms with Crippen molar-refractivity contribution in [3.05, 3.63) is 36.2 Å². The Morgan fingerprint density at radius 1 is 1.02 bits per heavy atom. The molecule has 3 aromatic rings. The molecule has 4 heterocycles. The first-order valence-corrected chi connectivity index (χ1v) is 16.0. The summed E-state index contributed by atoms with van der Waals surface area (Å²) in [6.07, 6.45) is 4.42. The molecule has 0 aliphatic carbocycles. The molecule has 3 aliphatic rings. The van der Waals surface area contributed by atoms with Gasteiger partial charge in [0.1, 0.15) is 17.9 Å². The first kappa shape index (κ1) is 31.3. The molecule has 1 fully saturated rings. The van der Waals surface area contributed by atoms with Crippen LogP contribution >= 0.6 is 0 Å². The average molecular weight is 621 g/mol. The minimum Gasteiger partial charge on any atom is -0.490 e. The van der Waals surface area contributed by atoms with Gasteiger partial charge in [-0.05, 0) is 50.9 Å². The molecule has 0 radical (unpaired) electrons. The molecule has 0 spiro atoms. The Morgan fingerprint density at radius 2 is 1.84 bits per heavy atom. The number of ether oxygens (including phenoxy) is 4. The maximum absolute atomic E-state index is 13.1. The second kappa shape index (κ2) is 14.6. The topological polar surface area (TPSA) is 122 Å². The van der Waals surface area contributed by atoms with E-state index >= 15 is 0 Å². The molecule has 0 saturated carbocycles. The van der Waals surface area contributed by atoms with Gasteiger partial charge in [-0.15, -0.1) is 0 Å². The Labute approximate surface area is 264 Å². The highest BCUT2D eigenvalue weighted by Gasteiger charge is 2.26. The summed E-state index contributed by atoms with van der Waals surface area (Å²) in [6.45, 7) is 9.51. The number of β-amino-alcohol motifs (C(OH)–C–C–N with tert-alkyl or cyclic N) is 1. The quantitative estimate of drug-likeness (QED) is 0.377. The summed E-state index contributed by atoms with van der Waals surface area (Å²) in [6, 6.07) is 7.54. The highest BCUT2D eigenvalue weighted by Crippen LogP contribution is 2.44. The van der Waals surface area contributed by atoms with Crippen LogP contribution in [0.1, 0.15) is 38.2 Å². The summed E-state index contributed by atoms with van der Waals surface area (Å²) in [7, 11) is 1.97. The number of nitrogens with zero attached hydrogens (tertiary/aromatic N) is 5. The summed E-state index contributed by atoms with van der Waals surface area (Å²) in [5.41, 5.74) is 2.45. The van der Waals surface area contributed by atoms with E-state index in [4.69, 9.17) is 18.9 Å². The molecule has 0 unspecified atom stereocenters. The standard InChI is InChI=1S/C33H44N6O6/c1-23-27(41)6-3-4-16-42-29-18-25-26(19-30(29)43-17-5-9-38-10-12-39(13-11-38)14-15-40)34-21-35-33(25)36-31-24(20-37(23)2)7-8-28-32(31)45-22-44-28/h7-8,18-19,21,23,40H,3-6,9-17,20,22H2,1-2H3,(H,34,35,36)/t23-/m0/s1. The van der Waals surface area contributed by atoms with E-state index in [0.717, 1.165) is 80.7 Å². The van der Waals surface area contributed by atoms with E-state index in [9.17, 15) is 9.90 Å². The Morgan fingerprint density at radius 3 is 2.67 bits per heavy atom. The van der Waals surface area contributed by atoms with E-state index in [1.807, 2.05) is 38.2 Å². The Hall–Kier alpha value is -3.71. The number of piperazine rings is 1. The monoisotopic (exact) mass is 620 g/mol. The average Bonchev–Trinajstić information content (AvgIpc) is 3.53. The fourth-order valence-corrected chi connectivity index (χ4v) is 6.08. The normalized spacial score (nSPS) is 20.2. The number of aliphatic hydroxyl groups is 1. The smallest absolute Gasteiger partial charge is 0.231 e. The van der Waals surface area contributed by atoms with Crippen LogP contribution in [0.15, 0.2) is 30.6 Å². The van der Waals surface area contributed by atoms with Crippen molar-refractivity contribution in [2.24, 2.45) is 0 Å². The molecule has 6 rings (SSSR count). The van der Waals surface area contributed by atoms with Crippen LogP contribution in [0.3, 0.4) is 0 Å². The van der Waals surface area contributed by atoms with Crippen LogP contribution in [0.5, 0.6) is 23.0 Å². The van der Waals surface area contributed by atoms with Gasteiger partial charge in [0.05, 0.1) is 37.1 Å². The van der Waals surface area contributed by atoms with Gasteiger partial charge in [-0.1, -0.05) is 6.07 Å². The van der Waals surface area contributed by atoms with Gasteiger partial charge in [0.15, 0.2) is 23.0 Å². The maximum atomic E-state index is 13.1. The lowest BCUT2D eigenvalue weighted by Gasteiger charge is -2.34. The van der Waals surface area contributed by atoms with Gasteiger partial charge in [-0.2, -0.15) is 0 Å². The number of hydrogen-bond donors (Lipinski definition) is 2. The zero-order valence-electron chi connectivity index (χ0n) is 26.3. The van der Waals surface area contributed by atoms with Crippen molar-refractivity contribution < 1.29 is 28.8 Å². The Balaban J connectivity index is 1.25. The first-order chi connectivity index (χ1) is 22.0. The number of anilines is 2. The minimum absolute atomic E-state index is 0.140. The summed E-state index contributed by atoms with van der Waals surface area (Å²) in [5, 5.41) is 13.5. The lowest BCUT2D eigenvalue weighted by Crippen LogP contribution is -2.47. The van der Waals surface area contributed by atoms with E-state index in [1.165, 1.54) is 6.33 Å². The molecule has 2 N–H and O–H groups in total. The fourth-order valence-electron chi connectivity index (χ4n) is 6.08. The summed E-state index contributed by atoms with van der Waals surface area (Å²) >= 11 is 0. The molecule has 2 aromatic carbocycles. The van der Waals surface area contributed by atoms with Crippen LogP contribution in [0.25, 0.3) is 10.9 Å². The van der Waals surface area contributed by atoms with Crippen molar-refractivity contribution in [3.8, 4) is 23.0 Å². The molecular weight excluding hydrogens is 576 g/mol. The number of hydrogen-bond acceptors (Lipinski definition) is 12. The summed E-state index contributed by atoms with van der Waals surface area (Å²) in [5.74, 6) is 3.37. The predicted octanol–water partition coefficient (Wildman–Crippen LogP) is 3.43. The Bertz CT molecular complexity index is 1480. The van der Waals surface area contributed by atoms with Crippen molar-refractivity contribution in [2.45, 2.75) is 45.2 Å². The number of nitrogens with one attached hydrogen (secondary N) is 1. The van der Waals surface area contributed by atoms with Crippen molar-refractivity contribution >= 4 is 28.2 Å². The summed E-state index contributed by atoms with van der Waals surface area (Å²) in [4.78, 5) is 29.0. The Kier molecular flexibility index (Phi) is 10.1. The molecule has 242 valence electrons. The number of benzene rings is 2. The molecule has 0 amide bonds. The van der Waals surface area contributed by atoms with Gasteiger partial charge in [-0.3, -0.25) is 14.6 Å². The predicted molar refractivity (Wildman–Crippen MR) is 171 cm³/mol. The van der Waals surface area contributed by atoms with Crippen LogP contribution in [0.2, 0.25) is 0 Å². The zero-order chi connectivity index (χ0) is 31.2. The SMILES string of the molecule is C[C@H]1C(=O)CCCCOc2cc3c(ncnc3cc2OCCCN2CCN(CCO)CC2)Nc2c(ccc3c2OCO3)CN1C. The second-order valence-electron chi connectivity index (χ2n) is 12.0. The van der Waals surface area contributed by atoms with E-state index in [0.29, 0.717) is 55.0 Å². The van der Waals surface area contributed by atoms with E-state index < -0.39 is 0 Å². The van der Waals surface area contributed by atoms with Crippen molar-refractivity contribution in [3.63, 3.8) is 0 Å². The first-order valence-electron chi connectivity index (χ1n) is 16.0. The largest absolute Gasteiger partial charge is 0.490 e. The lowest BCUT2D eigenvalue weighted by molar-refractivity contribution is -0.123. The fraction of sp³-hybridized carbons (Fsp3) is 0.545. The third-order valence-corrected chi connectivity index (χ3v) is 8.95. The number of Topliss-reactive ketones (excluding diaryl/α,β-unsaturated/α-hetero) is 1. The molecule has 1 atom stereocenters. The number of rotatable bonds is 7. The number of likely N-dealkylation sites (N-methyl/N-ethyl adjacent to an activating group) is 1. The van der Waals surface area contributed by atoms with Crippen LogP contribution in [-0.2, 0) is 11.3 Å². The summed E-state index contributed by atoms with van der Waals surface area (Å²) < 4.78 is 24.2. The number of ketones is 1. The molecule has 1 aromatic heterocycles. The number of aromatic nitrogens is 2. The van der Waals surface area contributed by atoms with Crippen LogP contribution in [0, 0.1) is 0 Å². The molecule has 12 heteroatoms. The van der Waals surface area contributed by atoms with Gasteiger partial charge in [-0.25, -0.2) is 9.97 Å². The molecule has 3 aliphatic heterocycles. The highest BCUT2D eigenvalue weighted by atomic mass is 16.7. The second-order valence-corrected chi connectivity index (χ2v) is 12.0. The van der Waals surface area contributed by atoms with E-state index in [-0.39, 0.29) is 25.2 Å². The van der Waals surface area contributed by atoms with Gasteiger partial charge in [0, 0.05) is 63.7 Å². The third-order valence-electron chi connectivity index (χ3n) is 8.95. The molecule has 45 heavy (non-hydrogen) atoms. The maximum Gasteiger partial charge on any atom is 0.231 e. The number of aliphatic hydroxyl groups excluding tert-OH is 1. The highest BCUT2D eigenvalue weighted by molar-refractivity contribution is 5.94. The van der Waals surface area contributed by atoms with E-state index in [1.54, 1.807) is 0 Å². The molecule has 12 nitrogen and oxygen atoms in total. The number of carbonyl (C=O) groups is 1. The zero-order valence-corrected chi connectivity index (χ0v) is 26.3. The van der Waals surface area contributed by atoms with Crippen LogP contribution in [-0.4, -0.2) is 115 Å². The number of carbonyl (C=O) groups excluding carboxylic acids is 1. The lowest BCUT2D eigenvalue weighted by atomic mass is 10.0. The third kappa shape index (κ3) is 7.41. The minimum atomic E-state index is -0.236. The van der Waals surface area contributed by atoms with E-state index in [2.05, 4.69) is 30.0 Å². The van der Waals surface area contributed by atoms with Gasteiger partial charge in [0.2, 0.25) is 6.79 Å². The van der Waals surface area contributed by atoms with Gasteiger partial charge in [0.25, 0.3) is 0 Å². The van der Waals surface area contributed by atoms with Gasteiger partial charge >= 0.3 is 0 Å². The molecule has 2 bridgehead atoms. The van der Waals surface area contributed by atoms with Crippen LogP contribution < -0.4 is 24.3 Å². The van der Waals surface area contributed by atoms with Crippen LogP contribution in [0.4, 0.5) is 11.5 Å². The van der Waals surface area contributed by atoms with Crippen molar-refractivity contribution in [2.75, 3.05) is 78.2 Å². The molecular formula is C33H44N6O6. The van der Waals surface area contributed by atoms with Crippen molar-refractivity contribution in [1.29, 1.82) is 0 Å². The molecule has 1 saturated heterocycles. The van der Waals surface area contributed by atoms with Gasteiger partial charge < -0.3 is 34.3 Å². The number of fused-ring (bicyclic) bond motifs is 4. The van der Waals surface area contributed by atoms with Crippen molar-refractivity contribution in [1.82, 2.24) is 24.7 Å².